The number of hydrogen-bond acceptors (Lipinski definition) is 3. The van der Waals surface area contributed by atoms with E-state index in [0.29, 0.717) is 0 Å². The van der Waals surface area contributed by atoms with Gasteiger partial charge in [0.05, 0.1) is 0 Å². The Balaban J connectivity index is 1.63. The van der Waals surface area contributed by atoms with Crippen molar-refractivity contribution < 1.29 is 0 Å². The van der Waals surface area contributed by atoms with Gasteiger partial charge in [0.1, 0.15) is 0 Å². The normalized spacial score (nSPS) is 14.9. The summed E-state index contributed by atoms with van der Waals surface area (Å²) in [6.07, 6.45) is 2.65. The molecule has 0 aliphatic carbocycles. The quantitative estimate of drug-likeness (QED) is 0.859. The first-order valence-corrected chi connectivity index (χ1v) is 8.77. The Morgan fingerprint density at radius 2 is 1.90 bits per heavy atom. The van der Waals surface area contributed by atoms with Gasteiger partial charge in [-0.15, -0.1) is 11.3 Å². The average molecular weight is 351 g/mol. The molecule has 1 aliphatic rings. The van der Waals surface area contributed by atoms with Gasteiger partial charge in [-0.2, -0.15) is 0 Å². The van der Waals surface area contributed by atoms with Crippen LogP contribution in [0.3, 0.4) is 0 Å². The van der Waals surface area contributed by atoms with Crippen LogP contribution in [-0.4, -0.2) is 13.1 Å². The van der Waals surface area contributed by atoms with Crippen molar-refractivity contribution in [1.82, 2.24) is 5.32 Å². The van der Waals surface area contributed by atoms with Gasteiger partial charge in [-0.3, -0.25) is 0 Å². The minimum atomic E-state index is 0.923. The maximum Gasteiger partial charge on any atom is 0.0411 e. The summed E-state index contributed by atoms with van der Waals surface area (Å²) in [5.41, 5.74) is 2.81. The summed E-state index contributed by atoms with van der Waals surface area (Å²) in [5, 5.41) is 5.69. The van der Waals surface area contributed by atoms with Crippen LogP contribution < -0.4 is 10.2 Å². The van der Waals surface area contributed by atoms with Gasteiger partial charge in [0.25, 0.3) is 0 Å². The lowest BCUT2D eigenvalue weighted by molar-refractivity contribution is 0.697. The Morgan fingerprint density at radius 3 is 2.65 bits per heavy atom. The highest BCUT2D eigenvalue weighted by atomic mass is 79.9. The highest BCUT2D eigenvalue weighted by Gasteiger charge is 2.14. The number of halogens is 1. The molecule has 1 aromatic heterocycles. The smallest absolute Gasteiger partial charge is 0.0411 e. The molecule has 2 aromatic rings. The summed E-state index contributed by atoms with van der Waals surface area (Å²) in [6, 6.07) is 10.9. The van der Waals surface area contributed by atoms with Crippen LogP contribution in [0.2, 0.25) is 0 Å². The van der Waals surface area contributed by atoms with Crippen LogP contribution >= 0.6 is 27.3 Å². The third kappa shape index (κ3) is 3.25. The van der Waals surface area contributed by atoms with Crippen molar-refractivity contribution in [3.05, 3.63) is 50.6 Å². The maximum absolute atomic E-state index is 3.58. The van der Waals surface area contributed by atoms with Gasteiger partial charge in [0.15, 0.2) is 0 Å². The van der Waals surface area contributed by atoms with Crippen molar-refractivity contribution in [2.45, 2.75) is 25.9 Å². The van der Waals surface area contributed by atoms with E-state index in [1.165, 1.54) is 46.5 Å². The van der Waals surface area contributed by atoms with E-state index in [1.807, 2.05) is 0 Å². The monoisotopic (exact) mass is 350 g/mol. The Bertz CT molecular complexity index is 561. The number of rotatable bonds is 5. The van der Waals surface area contributed by atoms with Crippen molar-refractivity contribution in [3.8, 4) is 0 Å². The van der Waals surface area contributed by atoms with E-state index < -0.39 is 0 Å². The minimum Gasteiger partial charge on any atom is -0.371 e. The van der Waals surface area contributed by atoms with Crippen molar-refractivity contribution >= 4 is 33.0 Å². The van der Waals surface area contributed by atoms with Crippen LogP contribution in [0, 0.1) is 0 Å². The van der Waals surface area contributed by atoms with Crippen LogP contribution in [0.4, 0.5) is 5.69 Å². The van der Waals surface area contributed by atoms with Gasteiger partial charge in [-0.05, 0) is 51.8 Å². The van der Waals surface area contributed by atoms with Gasteiger partial charge in [-0.25, -0.2) is 0 Å². The zero-order chi connectivity index (χ0) is 13.8. The first-order valence-electron chi connectivity index (χ1n) is 7.10. The molecule has 0 unspecified atom stereocenters. The highest BCUT2D eigenvalue weighted by Crippen LogP contribution is 2.25. The molecule has 4 heteroatoms. The zero-order valence-electron chi connectivity index (χ0n) is 11.4. The lowest BCUT2D eigenvalue weighted by Gasteiger charge is -2.21. The molecule has 1 aliphatic heterocycles. The first kappa shape index (κ1) is 14.1. The van der Waals surface area contributed by atoms with E-state index in [4.69, 9.17) is 0 Å². The number of benzene rings is 1. The Labute approximate surface area is 132 Å². The number of para-hydroxylation sites is 1. The standard InChI is InChI=1S/C16H19BrN2S/c17-14-7-10-20-16(14)12-18-11-13-5-1-2-6-15(13)19-8-3-4-9-19/h1-2,5-7,10,18H,3-4,8-9,11-12H2. The lowest BCUT2D eigenvalue weighted by atomic mass is 10.1. The summed E-state index contributed by atoms with van der Waals surface area (Å²) in [5.74, 6) is 0. The van der Waals surface area contributed by atoms with Crippen molar-refractivity contribution in [3.63, 3.8) is 0 Å². The summed E-state index contributed by atoms with van der Waals surface area (Å²) >= 11 is 5.38. The SMILES string of the molecule is Brc1ccsc1CNCc1ccccc1N1CCCC1. The van der Waals surface area contributed by atoms with Gasteiger partial charge in [-0.1, -0.05) is 18.2 Å². The Kier molecular flexibility index (Phi) is 4.76. The molecule has 0 bridgehead atoms. The predicted octanol–water partition coefficient (Wildman–Crippen LogP) is 4.40. The van der Waals surface area contributed by atoms with E-state index in [1.54, 1.807) is 11.3 Å². The zero-order valence-corrected chi connectivity index (χ0v) is 13.8. The molecule has 1 saturated heterocycles. The molecule has 2 heterocycles. The van der Waals surface area contributed by atoms with E-state index >= 15 is 0 Å². The molecule has 0 atom stereocenters. The molecule has 106 valence electrons. The number of nitrogens with one attached hydrogen (secondary N) is 1. The molecule has 20 heavy (non-hydrogen) atoms. The number of anilines is 1. The van der Waals surface area contributed by atoms with Crippen LogP contribution in [-0.2, 0) is 13.1 Å². The Morgan fingerprint density at radius 1 is 1.10 bits per heavy atom. The number of hydrogen-bond donors (Lipinski definition) is 1. The largest absolute Gasteiger partial charge is 0.371 e. The summed E-state index contributed by atoms with van der Waals surface area (Å²) in [6.45, 7) is 4.25. The van der Waals surface area contributed by atoms with Crippen molar-refractivity contribution in [1.29, 1.82) is 0 Å². The van der Waals surface area contributed by atoms with E-state index in [2.05, 4.69) is 61.9 Å². The topological polar surface area (TPSA) is 15.3 Å². The van der Waals surface area contributed by atoms with Crippen LogP contribution in [0.1, 0.15) is 23.3 Å². The predicted molar refractivity (Wildman–Crippen MR) is 90.5 cm³/mol. The molecule has 3 rings (SSSR count). The summed E-state index contributed by atoms with van der Waals surface area (Å²) in [4.78, 5) is 3.88. The average Bonchev–Trinajstić information content (AvgIpc) is 3.12. The molecule has 2 nitrogen and oxygen atoms in total. The molecule has 1 fully saturated rings. The second-order valence-corrected chi connectivity index (χ2v) is 6.97. The van der Waals surface area contributed by atoms with Crippen LogP contribution in [0.25, 0.3) is 0 Å². The fourth-order valence-corrected chi connectivity index (χ4v) is 4.15. The molecule has 0 radical (unpaired) electrons. The first-order chi connectivity index (χ1) is 9.84. The lowest BCUT2D eigenvalue weighted by Crippen LogP contribution is -2.21. The van der Waals surface area contributed by atoms with Gasteiger partial charge >= 0.3 is 0 Å². The van der Waals surface area contributed by atoms with E-state index in [0.717, 1.165) is 13.1 Å². The molecular formula is C16H19BrN2S. The number of thiophene rings is 1. The molecule has 1 aromatic carbocycles. The second kappa shape index (κ2) is 6.74. The fourth-order valence-electron chi connectivity index (χ4n) is 2.69. The maximum atomic E-state index is 3.58. The van der Waals surface area contributed by atoms with Gasteiger partial charge < -0.3 is 10.2 Å². The Hall–Kier alpha value is -0.840. The minimum absolute atomic E-state index is 0.923. The molecule has 0 amide bonds. The van der Waals surface area contributed by atoms with Crippen molar-refractivity contribution in [2.75, 3.05) is 18.0 Å². The summed E-state index contributed by atoms with van der Waals surface area (Å²) < 4.78 is 1.21. The molecule has 0 spiro atoms. The van der Waals surface area contributed by atoms with Crippen molar-refractivity contribution in [2.24, 2.45) is 0 Å². The van der Waals surface area contributed by atoms with Crippen LogP contribution in [0.5, 0.6) is 0 Å². The molecule has 1 N–H and O–H groups in total. The highest BCUT2D eigenvalue weighted by molar-refractivity contribution is 9.10. The van der Waals surface area contributed by atoms with E-state index in [-0.39, 0.29) is 0 Å². The van der Waals surface area contributed by atoms with Gasteiger partial charge in [0, 0.05) is 41.2 Å². The third-order valence-electron chi connectivity index (χ3n) is 3.73. The molecular weight excluding hydrogens is 332 g/mol. The second-order valence-electron chi connectivity index (χ2n) is 5.12. The summed E-state index contributed by atoms with van der Waals surface area (Å²) in [7, 11) is 0. The fraction of sp³-hybridized carbons (Fsp3) is 0.375. The van der Waals surface area contributed by atoms with Crippen LogP contribution in [0.15, 0.2) is 40.2 Å². The van der Waals surface area contributed by atoms with Gasteiger partial charge in [0.2, 0.25) is 0 Å². The molecule has 0 saturated carbocycles. The number of nitrogens with zero attached hydrogens (tertiary/aromatic N) is 1. The third-order valence-corrected chi connectivity index (χ3v) is 5.66. The van der Waals surface area contributed by atoms with E-state index in [9.17, 15) is 0 Å².